The van der Waals surface area contributed by atoms with E-state index in [0.717, 1.165) is 17.2 Å². The maximum atomic E-state index is 11.4. The summed E-state index contributed by atoms with van der Waals surface area (Å²) in [6, 6.07) is 9.48. The molecule has 0 aliphatic heterocycles. The highest BCUT2D eigenvalue weighted by molar-refractivity contribution is 5.81. The predicted octanol–water partition coefficient (Wildman–Crippen LogP) is 4.63. The minimum absolute atomic E-state index is 0.255. The highest BCUT2D eigenvalue weighted by Gasteiger charge is 2.22. The monoisotopic (exact) mass is 374 g/mol. The lowest BCUT2D eigenvalue weighted by molar-refractivity contribution is -0.394. The van der Waals surface area contributed by atoms with E-state index >= 15 is 0 Å². The number of nitro groups is 2. The van der Waals surface area contributed by atoms with E-state index in [4.69, 9.17) is 0 Å². The number of pyridine rings is 2. The Morgan fingerprint density at radius 3 is 1.54 bits per heavy atom. The third kappa shape index (κ3) is 4.50. The molecule has 0 amide bonds. The van der Waals surface area contributed by atoms with E-state index in [9.17, 15) is 20.2 Å². The summed E-state index contributed by atoms with van der Waals surface area (Å²) in [5.41, 5.74) is 1.33. The number of hydrogen-bond donors (Lipinski definition) is 0. The molecule has 0 aliphatic rings. The molecule has 3 aromatic rings. The molecule has 28 heavy (non-hydrogen) atoms. The van der Waals surface area contributed by atoms with E-state index < -0.39 is 9.85 Å². The van der Waals surface area contributed by atoms with E-state index in [2.05, 4.69) is 9.97 Å². The number of benzene rings is 1. The normalized spacial score (nSPS) is 11.1. The van der Waals surface area contributed by atoms with Crippen LogP contribution in [0.1, 0.15) is 22.3 Å². The zero-order valence-electron chi connectivity index (χ0n) is 14.5. The van der Waals surface area contributed by atoms with E-state index in [1.54, 1.807) is 73.4 Å². The maximum absolute atomic E-state index is 11.4. The Bertz CT molecular complexity index is 982. The standard InChI is InChI=1S/C20H14N4O4/c25-23(26)19-12-20(24(27)28)18(8-6-16-4-2-10-22-14-16)11-17(19)7-5-15-3-1-9-21-13-15/h1-14H/b7-5-,8-6-. The number of rotatable bonds is 6. The van der Waals surface area contributed by atoms with Crippen molar-refractivity contribution in [3.05, 3.63) is 104 Å². The summed E-state index contributed by atoms with van der Waals surface area (Å²) in [7, 11) is 0. The zero-order chi connectivity index (χ0) is 19.9. The van der Waals surface area contributed by atoms with Crippen LogP contribution in [-0.2, 0) is 0 Å². The van der Waals surface area contributed by atoms with Crippen LogP contribution >= 0.6 is 0 Å². The lowest BCUT2D eigenvalue weighted by atomic mass is 10.0. The van der Waals surface area contributed by atoms with Crippen molar-refractivity contribution < 1.29 is 9.85 Å². The molecule has 0 saturated carbocycles. The first-order valence-corrected chi connectivity index (χ1v) is 8.17. The van der Waals surface area contributed by atoms with Crippen LogP contribution in [0.25, 0.3) is 24.3 Å². The highest BCUT2D eigenvalue weighted by Crippen LogP contribution is 2.31. The second-order valence-corrected chi connectivity index (χ2v) is 5.72. The first kappa shape index (κ1) is 18.6. The Balaban J connectivity index is 2.07. The third-order valence-corrected chi connectivity index (χ3v) is 3.85. The molecule has 1 aromatic carbocycles. The largest absolute Gasteiger partial charge is 0.283 e. The molecule has 0 spiro atoms. The van der Waals surface area contributed by atoms with Crippen LogP contribution in [0.15, 0.2) is 61.2 Å². The van der Waals surface area contributed by atoms with Gasteiger partial charge in [0.15, 0.2) is 0 Å². The molecular weight excluding hydrogens is 360 g/mol. The molecule has 3 rings (SSSR count). The molecule has 2 heterocycles. The van der Waals surface area contributed by atoms with E-state index in [0.29, 0.717) is 0 Å². The van der Waals surface area contributed by atoms with Gasteiger partial charge in [-0.15, -0.1) is 0 Å². The molecule has 0 saturated heterocycles. The zero-order valence-corrected chi connectivity index (χ0v) is 14.5. The van der Waals surface area contributed by atoms with Crippen molar-refractivity contribution in [3.8, 4) is 0 Å². The van der Waals surface area contributed by atoms with Crippen LogP contribution in [-0.4, -0.2) is 19.8 Å². The molecule has 0 radical (unpaired) electrons. The number of nitro benzene ring substituents is 2. The van der Waals surface area contributed by atoms with Gasteiger partial charge in [0.1, 0.15) is 0 Å². The fraction of sp³-hybridized carbons (Fsp3) is 0. The molecule has 2 aromatic heterocycles. The van der Waals surface area contributed by atoms with Crippen molar-refractivity contribution in [2.24, 2.45) is 0 Å². The quantitative estimate of drug-likeness (QED) is 0.459. The molecule has 8 nitrogen and oxygen atoms in total. The Labute approximate surface area is 159 Å². The fourth-order valence-electron chi connectivity index (χ4n) is 2.52. The smallest absolute Gasteiger partial charge is 0.264 e. The molecule has 0 aliphatic carbocycles. The average molecular weight is 374 g/mol. The van der Waals surface area contributed by atoms with Gasteiger partial charge in [-0.1, -0.05) is 24.3 Å². The van der Waals surface area contributed by atoms with Crippen molar-refractivity contribution in [2.45, 2.75) is 0 Å². The second-order valence-electron chi connectivity index (χ2n) is 5.72. The second kappa shape index (κ2) is 8.45. The highest BCUT2D eigenvalue weighted by atomic mass is 16.6. The summed E-state index contributed by atoms with van der Waals surface area (Å²) < 4.78 is 0. The Morgan fingerprint density at radius 2 is 1.18 bits per heavy atom. The number of aromatic nitrogens is 2. The molecule has 0 atom stereocenters. The maximum Gasteiger partial charge on any atom is 0.283 e. The van der Waals surface area contributed by atoms with Gasteiger partial charge in [-0.25, -0.2) is 0 Å². The summed E-state index contributed by atoms with van der Waals surface area (Å²) in [5, 5.41) is 22.8. The average Bonchev–Trinajstić information content (AvgIpc) is 2.71. The summed E-state index contributed by atoms with van der Waals surface area (Å²) in [6.07, 6.45) is 12.9. The molecule has 0 unspecified atom stereocenters. The van der Waals surface area contributed by atoms with E-state index in [1.165, 1.54) is 6.07 Å². The first-order chi connectivity index (χ1) is 13.5. The van der Waals surface area contributed by atoms with Crippen molar-refractivity contribution in [2.75, 3.05) is 0 Å². The van der Waals surface area contributed by atoms with Gasteiger partial charge in [0, 0.05) is 24.8 Å². The molecule has 0 bridgehead atoms. The van der Waals surface area contributed by atoms with Gasteiger partial charge < -0.3 is 0 Å². The van der Waals surface area contributed by atoms with Crippen LogP contribution in [0, 0.1) is 20.2 Å². The van der Waals surface area contributed by atoms with Crippen LogP contribution in [0.3, 0.4) is 0 Å². The first-order valence-electron chi connectivity index (χ1n) is 8.17. The fourth-order valence-corrected chi connectivity index (χ4v) is 2.52. The van der Waals surface area contributed by atoms with Gasteiger partial charge >= 0.3 is 0 Å². The van der Waals surface area contributed by atoms with Crippen molar-refractivity contribution in [1.29, 1.82) is 0 Å². The van der Waals surface area contributed by atoms with Crippen molar-refractivity contribution in [1.82, 2.24) is 9.97 Å². The molecule has 0 fully saturated rings. The topological polar surface area (TPSA) is 112 Å². The summed E-state index contributed by atoms with van der Waals surface area (Å²) >= 11 is 0. The molecule has 0 N–H and O–H groups in total. The summed E-state index contributed by atoms with van der Waals surface area (Å²) in [5.74, 6) is 0. The summed E-state index contributed by atoms with van der Waals surface area (Å²) in [6.45, 7) is 0. The lowest BCUT2D eigenvalue weighted by Gasteiger charge is -2.03. The minimum atomic E-state index is -0.634. The van der Waals surface area contributed by atoms with Gasteiger partial charge in [-0.3, -0.25) is 30.2 Å². The summed E-state index contributed by atoms with van der Waals surface area (Å²) in [4.78, 5) is 29.5. The third-order valence-electron chi connectivity index (χ3n) is 3.85. The number of nitrogens with zero attached hydrogens (tertiary/aromatic N) is 4. The predicted molar refractivity (Wildman–Crippen MR) is 106 cm³/mol. The van der Waals surface area contributed by atoms with E-state index in [1.807, 2.05) is 0 Å². The SMILES string of the molecule is O=[N+]([O-])c1cc([N+](=O)[O-])c(/C=C\c2cccnc2)cc1/C=C\c1cccnc1. The van der Waals surface area contributed by atoms with Crippen LogP contribution < -0.4 is 0 Å². The minimum Gasteiger partial charge on any atom is -0.264 e. The van der Waals surface area contributed by atoms with Crippen LogP contribution in [0.2, 0.25) is 0 Å². The Hall–Kier alpha value is -4.20. The Kier molecular flexibility index (Phi) is 5.61. The van der Waals surface area contributed by atoms with Gasteiger partial charge in [0.25, 0.3) is 11.4 Å². The number of hydrogen-bond acceptors (Lipinski definition) is 6. The van der Waals surface area contributed by atoms with Crippen molar-refractivity contribution in [3.63, 3.8) is 0 Å². The van der Waals surface area contributed by atoms with Gasteiger partial charge in [-0.05, 0) is 41.5 Å². The van der Waals surface area contributed by atoms with Crippen molar-refractivity contribution >= 4 is 35.7 Å². The van der Waals surface area contributed by atoms with Gasteiger partial charge in [-0.2, -0.15) is 0 Å². The molecule has 8 heteroatoms. The van der Waals surface area contributed by atoms with Crippen LogP contribution in [0.5, 0.6) is 0 Å². The van der Waals surface area contributed by atoms with Gasteiger partial charge in [0.05, 0.1) is 27.0 Å². The lowest BCUT2D eigenvalue weighted by Crippen LogP contribution is -1.98. The molecule has 138 valence electrons. The van der Waals surface area contributed by atoms with Gasteiger partial charge in [0.2, 0.25) is 0 Å². The molecular formula is C20H14N4O4. The van der Waals surface area contributed by atoms with E-state index in [-0.39, 0.29) is 22.5 Å². The Morgan fingerprint density at radius 1 is 0.714 bits per heavy atom. The van der Waals surface area contributed by atoms with Crippen LogP contribution in [0.4, 0.5) is 11.4 Å².